The minimum absolute atomic E-state index is 0.00607. The number of ketones is 1. The van der Waals surface area contributed by atoms with Crippen molar-refractivity contribution in [2.24, 2.45) is 17.6 Å². The smallest absolute Gasteiger partial charge is 0.287 e. The Morgan fingerprint density at radius 1 is 0.750 bits per heavy atom. The van der Waals surface area contributed by atoms with Crippen molar-refractivity contribution in [3.63, 3.8) is 0 Å². The van der Waals surface area contributed by atoms with Gasteiger partial charge >= 0.3 is 0 Å². The van der Waals surface area contributed by atoms with Gasteiger partial charge in [0.25, 0.3) is 11.8 Å². The Bertz CT molecular complexity index is 1500. The number of benzene rings is 2. The Hall–Kier alpha value is -3.79. The number of nitrogens with two attached hydrogens (primary N) is 1. The van der Waals surface area contributed by atoms with E-state index in [9.17, 15) is 24.0 Å². The van der Waals surface area contributed by atoms with E-state index in [4.69, 9.17) is 5.73 Å². The topological polar surface area (TPSA) is 142 Å². The van der Waals surface area contributed by atoms with Crippen molar-refractivity contribution in [1.29, 1.82) is 0 Å². The molecule has 1 unspecified atom stereocenters. The third kappa shape index (κ3) is 8.08. The summed E-state index contributed by atoms with van der Waals surface area (Å²) < 4.78 is 0. The summed E-state index contributed by atoms with van der Waals surface area (Å²) in [6, 6.07) is 10.8. The van der Waals surface area contributed by atoms with E-state index >= 15 is 0 Å². The Morgan fingerprint density at radius 3 is 2.06 bits per heavy atom. The van der Waals surface area contributed by atoms with Gasteiger partial charge in [-0.25, -0.2) is 0 Å². The number of carbonyl (C=O) groups excluding carboxylic acids is 5. The number of likely N-dealkylation sites (tertiary alicyclic amines) is 2. The number of rotatable bonds is 12. The number of hydrogen-bond donors (Lipinski definition) is 3. The zero-order chi connectivity index (χ0) is 33.6. The van der Waals surface area contributed by atoms with Gasteiger partial charge < -0.3 is 21.3 Å². The summed E-state index contributed by atoms with van der Waals surface area (Å²) in [6.45, 7) is 2.20. The number of hydrogen-bond acceptors (Lipinski definition) is 6. The van der Waals surface area contributed by atoms with Crippen molar-refractivity contribution >= 4 is 40.2 Å². The average Bonchev–Trinajstić information content (AvgIpc) is 3.54. The number of piperidine rings is 1. The van der Waals surface area contributed by atoms with Crippen LogP contribution in [0.15, 0.2) is 42.5 Å². The molecule has 258 valence electrons. The molecule has 2 aliphatic heterocycles. The number of Topliss-reactive ketones (excluding diaryl/α,β-unsaturated/α-hetero) is 1. The van der Waals surface area contributed by atoms with Crippen LogP contribution in [0.5, 0.6) is 0 Å². The van der Waals surface area contributed by atoms with Crippen LogP contribution < -0.4 is 16.4 Å². The van der Waals surface area contributed by atoms with Gasteiger partial charge in [-0.1, -0.05) is 88.1 Å². The maximum Gasteiger partial charge on any atom is 0.287 e. The maximum atomic E-state index is 14.7. The van der Waals surface area contributed by atoms with Gasteiger partial charge in [0.05, 0.1) is 6.04 Å². The van der Waals surface area contributed by atoms with Crippen molar-refractivity contribution in [2.75, 3.05) is 19.6 Å². The molecule has 4 fully saturated rings. The SMILES string of the molecule is NC(=O)C(=O)C(CC1CCC1)NC(=O)[C@@H]1C[C@H](N2CCCCC2)CN1C(=O)[C@@H](CC1CCCCC1)NC(=O)c1ccc2ccccc2c1. The molecular weight excluding hydrogens is 606 g/mol. The first-order chi connectivity index (χ1) is 23.3. The molecule has 2 heterocycles. The third-order valence-corrected chi connectivity index (χ3v) is 11.4. The summed E-state index contributed by atoms with van der Waals surface area (Å²) in [5, 5.41) is 7.94. The van der Waals surface area contributed by atoms with Gasteiger partial charge in [-0.3, -0.25) is 28.9 Å². The Morgan fingerprint density at radius 2 is 1.40 bits per heavy atom. The molecule has 4 atom stereocenters. The van der Waals surface area contributed by atoms with E-state index in [0.29, 0.717) is 37.3 Å². The third-order valence-electron chi connectivity index (χ3n) is 11.4. The molecule has 2 aromatic rings. The summed E-state index contributed by atoms with van der Waals surface area (Å²) in [5.74, 6) is -2.30. The molecule has 0 aromatic heterocycles. The van der Waals surface area contributed by atoms with E-state index < -0.39 is 35.7 Å². The lowest BCUT2D eigenvalue weighted by atomic mass is 9.80. The normalized spacial score (nSPS) is 23.6. The summed E-state index contributed by atoms with van der Waals surface area (Å²) in [6.07, 6.45) is 13.0. The van der Waals surface area contributed by atoms with Crippen LogP contribution in [0.25, 0.3) is 10.8 Å². The van der Waals surface area contributed by atoms with Crippen LogP contribution in [-0.4, -0.2) is 83.0 Å². The lowest BCUT2D eigenvalue weighted by Gasteiger charge is -2.33. The molecule has 4 N–H and O–H groups in total. The second kappa shape index (κ2) is 15.6. The van der Waals surface area contributed by atoms with Gasteiger partial charge in [-0.2, -0.15) is 0 Å². The number of nitrogens with one attached hydrogen (secondary N) is 2. The van der Waals surface area contributed by atoms with Crippen molar-refractivity contribution in [2.45, 2.75) is 114 Å². The standard InChI is InChI=1S/C38H51N5O5/c39-35(45)34(44)31(20-26-12-9-13-26)40-37(47)33-23-30(42-18-7-2-8-19-42)24-43(33)38(48)32(21-25-10-3-1-4-11-25)41-36(46)29-17-16-27-14-5-6-15-28(27)22-29/h5-6,14-17,22,25-26,30-33H,1-4,7-13,18-21,23-24H2,(H2,39,45)(H,40,47)(H,41,46)/t30-,31?,32+,33-/m0/s1. The van der Waals surface area contributed by atoms with Gasteiger partial charge in [0.15, 0.2) is 0 Å². The second-order valence-electron chi connectivity index (χ2n) is 14.6. The fraction of sp³-hybridized carbons (Fsp3) is 0.605. The molecule has 2 aromatic carbocycles. The molecule has 10 heteroatoms. The zero-order valence-corrected chi connectivity index (χ0v) is 28.0. The first-order valence-corrected chi connectivity index (χ1v) is 18.2. The number of nitrogens with zero attached hydrogens (tertiary/aromatic N) is 2. The van der Waals surface area contributed by atoms with Crippen LogP contribution in [-0.2, 0) is 19.2 Å². The highest BCUT2D eigenvalue weighted by Crippen LogP contribution is 2.33. The zero-order valence-electron chi connectivity index (χ0n) is 28.0. The van der Waals surface area contributed by atoms with E-state index in [2.05, 4.69) is 15.5 Å². The molecule has 4 aliphatic rings. The van der Waals surface area contributed by atoms with Gasteiger partial charge in [0.2, 0.25) is 17.6 Å². The minimum atomic E-state index is -1.06. The van der Waals surface area contributed by atoms with Crippen LogP contribution in [0.2, 0.25) is 0 Å². The highest BCUT2D eigenvalue weighted by Gasteiger charge is 2.45. The van der Waals surface area contributed by atoms with E-state index in [1.807, 2.05) is 36.4 Å². The first kappa shape index (κ1) is 34.1. The van der Waals surface area contributed by atoms with E-state index in [0.717, 1.165) is 88.1 Å². The summed E-state index contributed by atoms with van der Waals surface area (Å²) in [4.78, 5) is 71.3. The predicted octanol–water partition coefficient (Wildman–Crippen LogP) is 4.09. The first-order valence-electron chi connectivity index (χ1n) is 18.2. The molecular formula is C38H51N5O5. The number of primary amides is 1. The fourth-order valence-corrected chi connectivity index (χ4v) is 8.34. The van der Waals surface area contributed by atoms with Gasteiger partial charge in [-0.05, 0) is 79.9 Å². The Labute approximate surface area is 283 Å². The van der Waals surface area contributed by atoms with Crippen LogP contribution in [0.3, 0.4) is 0 Å². The summed E-state index contributed by atoms with van der Waals surface area (Å²) in [5.41, 5.74) is 5.89. The monoisotopic (exact) mass is 657 g/mol. The van der Waals surface area contributed by atoms with E-state index in [1.54, 1.807) is 11.0 Å². The fourth-order valence-electron chi connectivity index (χ4n) is 8.34. The molecule has 2 saturated heterocycles. The number of carbonyl (C=O) groups is 5. The average molecular weight is 658 g/mol. The second-order valence-corrected chi connectivity index (χ2v) is 14.6. The molecule has 2 saturated carbocycles. The Kier molecular flexibility index (Phi) is 11.1. The quantitative estimate of drug-likeness (QED) is 0.294. The lowest BCUT2D eigenvalue weighted by Crippen LogP contribution is -2.56. The van der Waals surface area contributed by atoms with Crippen LogP contribution in [0, 0.1) is 11.8 Å². The molecule has 6 rings (SSSR count). The molecule has 0 spiro atoms. The van der Waals surface area contributed by atoms with Crippen molar-refractivity contribution in [3.8, 4) is 0 Å². The minimum Gasteiger partial charge on any atom is -0.363 e. The molecule has 4 amide bonds. The van der Waals surface area contributed by atoms with Crippen molar-refractivity contribution in [3.05, 3.63) is 48.0 Å². The molecule has 2 aliphatic carbocycles. The van der Waals surface area contributed by atoms with Crippen molar-refractivity contribution < 1.29 is 24.0 Å². The van der Waals surface area contributed by atoms with E-state index in [-0.39, 0.29) is 23.8 Å². The largest absolute Gasteiger partial charge is 0.363 e. The van der Waals surface area contributed by atoms with Gasteiger partial charge in [0.1, 0.15) is 12.1 Å². The van der Waals surface area contributed by atoms with Crippen LogP contribution >= 0.6 is 0 Å². The highest BCUT2D eigenvalue weighted by atomic mass is 16.2. The Balaban J connectivity index is 1.25. The van der Waals surface area contributed by atoms with Gasteiger partial charge in [0, 0.05) is 18.2 Å². The molecule has 0 radical (unpaired) electrons. The van der Waals surface area contributed by atoms with Crippen molar-refractivity contribution in [1.82, 2.24) is 20.4 Å². The van der Waals surface area contributed by atoms with E-state index in [1.165, 1.54) is 6.42 Å². The summed E-state index contributed by atoms with van der Waals surface area (Å²) >= 11 is 0. The molecule has 48 heavy (non-hydrogen) atoms. The number of amides is 4. The van der Waals surface area contributed by atoms with Crippen LogP contribution in [0.1, 0.15) is 100 Å². The lowest BCUT2D eigenvalue weighted by molar-refractivity contribution is -0.142. The molecule has 0 bridgehead atoms. The predicted molar refractivity (Wildman–Crippen MR) is 184 cm³/mol. The van der Waals surface area contributed by atoms with Gasteiger partial charge in [-0.15, -0.1) is 0 Å². The van der Waals surface area contributed by atoms with Crippen LogP contribution in [0.4, 0.5) is 0 Å². The molecule has 10 nitrogen and oxygen atoms in total. The summed E-state index contributed by atoms with van der Waals surface area (Å²) in [7, 11) is 0. The maximum absolute atomic E-state index is 14.7. The highest BCUT2D eigenvalue weighted by molar-refractivity contribution is 6.37. The number of fused-ring (bicyclic) bond motifs is 1.